The van der Waals surface area contributed by atoms with Crippen LogP contribution >= 0.6 is 0 Å². The summed E-state index contributed by atoms with van der Waals surface area (Å²) in [5.74, 6) is 0.251. The van der Waals surface area contributed by atoms with Crippen molar-refractivity contribution in [2.45, 2.75) is 24.8 Å². The summed E-state index contributed by atoms with van der Waals surface area (Å²) < 4.78 is 2.07. The van der Waals surface area contributed by atoms with Gasteiger partial charge in [0.2, 0.25) is 5.95 Å². The van der Waals surface area contributed by atoms with Crippen molar-refractivity contribution in [1.29, 1.82) is 0 Å². The van der Waals surface area contributed by atoms with Gasteiger partial charge in [-0.1, -0.05) is 18.2 Å². The first kappa shape index (κ1) is 16.0. The summed E-state index contributed by atoms with van der Waals surface area (Å²) in [6.45, 7) is 0. The number of nitrogens with two attached hydrogens (primary N) is 2. The van der Waals surface area contributed by atoms with Crippen LogP contribution in [-0.2, 0) is 5.54 Å². The third-order valence-corrected chi connectivity index (χ3v) is 5.43. The third kappa shape index (κ3) is 2.57. The molecule has 1 aromatic carbocycles. The van der Waals surface area contributed by atoms with Gasteiger partial charge in [-0.05, 0) is 55.2 Å². The molecule has 1 aliphatic rings. The molecule has 3 heterocycles. The van der Waals surface area contributed by atoms with Gasteiger partial charge in [-0.3, -0.25) is 9.55 Å². The smallest absolute Gasteiger partial charge is 0.221 e. The zero-order valence-corrected chi connectivity index (χ0v) is 14.8. The molecule has 0 aliphatic heterocycles. The van der Waals surface area contributed by atoms with Gasteiger partial charge in [-0.25, -0.2) is 4.98 Å². The maximum absolute atomic E-state index is 6.47. The first-order chi connectivity index (χ1) is 13.1. The Kier molecular flexibility index (Phi) is 3.48. The molecule has 4 aromatic rings. The first-order valence-electron chi connectivity index (χ1n) is 9.09. The molecule has 0 amide bonds. The zero-order valence-electron chi connectivity index (χ0n) is 14.8. The lowest BCUT2D eigenvalue weighted by Gasteiger charge is -2.38. The number of nitrogen functional groups attached to an aromatic ring is 1. The fraction of sp³-hybridized carbons (Fsp3) is 0.190. The van der Waals surface area contributed by atoms with Crippen LogP contribution in [0.15, 0.2) is 60.9 Å². The fourth-order valence-electron chi connectivity index (χ4n) is 3.76. The molecular weight excluding hydrogens is 336 g/mol. The summed E-state index contributed by atoms with van der Waals surface area (Å²) >= 11 is 0. The van der Waals surface area contributed by atoms with E-state index in [1.807, 2.05) is 24.3 Å². The van der Waals surface area contributed by atoms with Crippen LogP contribution in [-0.4, -0.2) is 19.5 Å². The van der Waals surface area contributed by atoms with Gasteiger partial charge in [0.05, 0.1) is 11.4 Å². The number of aromatic nitrogens is 4. The number of pyridine rings is 1. The fourth-order valence-corrected chi connectivity index (χ4v) is 3.76. The lowest BCUT2D eigenvalue weighted by molar-refractivity contribution is 0.253. The minimum atomic E-state index is -0.173. The molecule has 0 bridgehead atoms. The van der Waals surface area contributed by atoms with Crippen LogP contribution in [0.25, 0.3) is 28.1 Å². The molecule has 134 valence electrons. The molecule has 1 aliphatic carbocycles. The Labute approximate surface area is 156 Å². The summed E-state index contributed by atoms with van der Waals surface area (Å²) in [6, 6.07) is 16.3. The van der Waals surface area contributed by atoms with E-state index < -0.39 is 0 Å². The van der Waals surface area contributed by atoms with Crippen LogP contribution in [0.1, 0.15) is 24.8 Å². The minimum absolute atomic E-state index is 0.173. The van der Waals surface area contributed by atoms with Crippen LogP contribution in [0.4, 0.5) is 5.95 Å². The SMILES string of the molecule is Nc1ncc2cc(-c3ccccn3)n(-c3ccc(C4(N)CCC4)cc3)c2n1. The van der Waals surface area contributed by atoms with Crippen molar-refractivity contribution in [3.8, 4) is 17.1 Å². The minimum Gasteiger partial charge on any atom is -0.368 e. The van der Waals surface area contributed by atoms with Crippen molar-refractivity contribution >= 4 is 17.0 Å². The molecule has 0 atom stereocenters. The van der Waals surface area contributed by atoms with Gasteiger partial charge in [0.25, 0.3) is 0 Å². The maximum Gasteiger partial charge on any atom is 0.221 e. The van der Waals surface area contributed by atoms with E-state index in [0.29, 0.717) is 0 Å². The summed E-state index contributed by atoms with van der Waals surface area (Å²) in [4.78, 5) is 13.1. The Balaban J connectivity index is 1.70. The molecule has 6 nitrogen and oxygen atoms in total. The Bertz CT molecular complexity index is 1110. The number of anilines is 1. The van der Waals surface area contributed by atoms with E-state index in [4.69, 9.17) is 11.5 Å². The van der Waals surface area contributed by atoms with Crippen molar-refractivity contribution in [3.05, 3.63) is 66.5 Å². The second kappa shape index (κ2) is 5.89. The van der Waals surface area contributed by atoms with E-state index in [0.717, 1.165) is 41.0 Å². The highest BCUT2D eigenvalue weighted by molar-refractivity contribution is 5.85. The molecule has 4 N–H and O–H groups in total. The summed E-state index contributed by atoms with van der Waals surface area (Å²) in [5, 5.41) is 0.920. The summed E-state index contributed by atoms with van der Waals surface area (Å²) in [6.07, 6.45) is 6.82. The standard InChI is InChI=1S/C21H20N6/c22-20-25-13-14-12-18(17-4-1-2-11-24-17)27(19(14)26-20)16-7-5-15(6-8-16)21(23)9-3-10-21/h1-2,4-8,11-13H,3,9-10,23H2,(H2,22,25,26). The predicted molar refractivity (Wildman–Crippen MR) is 106 cm³/mol. The summed E-state index contributed by atoms with van der Waals surface area (Å²) in [5.41, 5.74) is 16.9. The summed E-state index contributed by atoms with van der Waals surface area (Å²) in [7, 11) is 0. The molecule has 5 rings (SSSR count). The van der Waals surface area contributed by atoms with Gasteiger partial charge < -0.3 is 11.5 Å². The topological polar surface area (TPSA) is 95.6 Å². The van der Waals surface area contributed by atoms with E-state index >= 15 is 0 Å². The van der Waals surface area contributed by atoms with Crippen molar-refractivity contribution in [1.82, 2.24) is 19.5 Å². The van der Waals surface area contributed by atoms with Crippen molar-refractivity contribution in [2.75, 3.05) is 5.73 Å². The normalized spacial score (nSPS) is 15.6. The van der Waals surface area contributed by atoms with Gasteiger partial charge in [0.15, 0.2) is 5.65 Å². The Morgan fingerprint density at radius 3 is 2.48 bits per heavy atom. The van der Waals surface area contributed by atoms with Gasteiger partial charge in [-0.15, -0.1) is 0 Å². The molecule has 1 saturated carbocycles. The lowest BCUT2D eigenvalue weighted by atomic mass is 9.73. The molecule has 0 saturated heterocycles. The van der Waals surface area contributed by atoms with Crippen molar-refractivity contribution < 1.29 is 0 Å². The Hall–Kier alpha value is -3.25. The van der Waals surface area contributed by atoms with E-state index in [2.05, 4.69) is 43.8 Å². The largest absolute Gasteiger partial charge is 0.368 e. The Morgan fingerprint density at radius 1 is 1.00 bits per heavy atom. The molecule has 0 spiro atoms. The zero-order chi connectivity index (χ0) is 18.4. The number of fused-ring (bicyclic) bond motifs is 1. The molecule has 0 unspecified atom stereocenters. The van der Waals surface area contributed by atoms with Gasteiger partial charge in [0, 0.05) is 29.0 Å². The van der Waals surface area contributed by atoms with E-state index in [-0.39, 0.29) is 11.5 Å². The lowest BCUT2D eigenvalue weighted by Crippen LogP contribution is -2.43. The van der Waals surface area contributed by atoms with Crippen LogP contribution in [0, 0.1) is 0 Å². The van der Waals surface area contributed by atoms with E-state index in [1.54, 1.807) is 12.4 Å². The highest BCUT2D eigenvalue weighted by Crippen LogP contribution is 2.39. The van der Waals surface area contributed by atoms with Crippen molar-refractivity contribution in [2.24, 2.45) is 5.73 Å². The Morgan fingerprint density at radius 2 is 1.81 bits per heavy atom. The average molecular weight is 356 g/mol. The maximum atomic E-state index is 6.47. The molecule has 6 heteroatoms. The van der Waals surface area contributed by atoms with E-state index in [1.165, 1.54) is 12.0 Å². The van der Waals surface area contributed by atoms with Crippen molar-refractivity contribution in [3.63, 3.8) is 0 Å². The number of rotatable bonds is 3. The molecule has 0 radical (unpaired) electrons. The number of hydrogen-bond acceptors (Lipinski definition) is 5. The second-order valence-corrected chi connectivity index (χ2v) is 7.14. The highest BCUT2D eigenvalue weighted by Gasteiger charge is 2.34. The highest BCUT2D eigenvalue weighted by atomic mass is 15.1. The monoisotopic (exact) mass is 356 g/mol. The van der Waals surface area contributed by atoms with E-state index in [9.17, 15) is 0 Å². The second-order valence-electron chi connectivity index (χ2n) is 7.14. The third-order valence-electron chi connectivity index (χ3n) is 5.43. The number of nitrogens with zero attached hydrogens (tertiary/aromatic N) is 4. The number of hydrogen-bond donors (Lipinski definition) is 2. The molecular formula is C21H20N6. The average Bonchev–Trinajstić information content (AvgIpc) is 3.05. The first-order valence-corrected chi connectivity index (χ1v) is 9.09. The van der Waals surface area contributed by atoms with Gasteiger partial charge in [0.1, 0.15) is 0 Å². The van der Waals surface area contributed by atoms with Crippen LogP contribution in [0.2, 0.25) is 0 Å². The van der Waals surface area contributed by atoms with Crippen LogP contribution in [0.5, 0.6) is 0 Å². The van der Waals surface area contributed by atoms with Gasteiger partial charge in [-0.2, -0.15) is 4.98 Å². The predicted octanol–water partition coefficient (Wildman–Crippen LogP) is 3.40. The molecule has 1 fully saturated rings. The van der Waals surface area contributed by atoms with Gasteiger partial charge >= 0.3 is 0 Å². The number of benzene rings is 1. The van der Waals surface area contributed by atoms with Crippen LogP contribution < -0.4 is 11.5 Å². The quantitative estimate of drug-likeness (QED) is 0.586. The molecule has 27 heavy (non-hydrogen) atoms. The molecule has 3 aromatic heterocycles. The van der Waals surface area contributed by atoms with Crippen LogP contribution in [0.3, 0.4) is 0 Å².